The average molecular weight is 449 g/mol. The summed E-state index contributed by atoms with van der Waals surface area (Å²) < 4.78 is 8.14. The standard InChI is InChI=1S/C20H19Br2NO/c1-4-16(8-5-13(2)3)23-17-9-6-14(21)11-19(17)24-20-12-15(22)7-10-18(20)23/h4-13H,1-3H3/b8-5-,16-4+. The van der Waals surface area contributed by atoms with Gasteiger partial charge in [-0.15, -0.1) is 0 Å². The number of hydrogen-bond acceptors (Lipinski definition) is 2. The molecule has 0 bridgehead atoms. The predicted molar refractivity (Wildman–Crippen MR) is 108 cm³/mol. The van der Waals surface area contributed by atoms with Crippen LogP contribution in [0, 0.1) is 5.92 Å². The number of anilines is 2. The third-order valence-electron chi connectivity index (χ3n) is 3.75. The van der Waals surface area contributed by atoms with E-state index in [0.29, 0.717) is 5.92 Å². The Kier molecular flexibility index (Phi) is 5.16. The van der Waals surface area contributed by atoms with Crippen molar-refractivity contribution in [2.75, 3.05) is 4.90 Å². The highest BCUT2D eigenvalue weighted by Gasteiger charge is 2.26. The summed E-state index contributed by atoms with van der Waals surface area (Å²) >= 11 is 7.06. The van der Waals surface area contributed by atoms with E-state index in [4.69, 9.17) is 4.74 Å². The van der Waals surface area contributed by atoms with Gasteiger partial charge >= 0.3 is 0 Å². The van der Waals surface area contributed by atoms with Crippen molar-refractivity contribution in [1.29, 1.82) is 0 Å². The van der Waals surface area contributed by atoms with Crippen LogP contribution in [-0.2, 0) is 0 Å². The van der Waals surface area contributed by atoms with E-state index in [0.717, 1.165) is 37.5 Å². The third-order valence-corrected chi connectivity index (χ3v) is 4.74. The van der Waals surface area contributed by atoms with Gasteiger partial charge < -0.3 is 9.64 Å². The van der Waals surface area contributed by atoms with Gasteiger partial charge in [0.2, 0.25) is 0 Å². The van der Waals surface area contributed by atoms with E-state index in [1.54, 1.807) is 0 Å². The molecule has 0 radical (unpaired) electrons. The van der Waals surface area contributed by atoms with Crippen molar-refractivity contribution in [3.05, 3.63) is 69.3 Å². The van der Waals surface area contributed by atoms with Crippen molar-refractivity contribution >= 4 is 43.2 Å². The van der Waals surface area contributed by atoms with Crippen LogP contribution in [0.25, 0.3) is 0 Å². The second-order valence-electron chi connectivity index (χ2n) is 5.98. The Morgan fingerprint density at radius 3 is 2.00 bits per heavy atom. The number of allylic oxidation sites excluding steroid dienone is 3. The lowest BCUT2D eigenvalue weighted by Gasteiger charge is -2.33. The minimum absolute atomic E-state index is 0.495. The number of nitrogens with zero attached hydrogens (tertiary/aromatic N) is 1. The first-order valence-corrected chi connectivity index (χ1v) is 9.50. The van der Waals surface area contributed by atoms with E-state index in [1.165, 1.54) is 0 Å². The molecular weight excluding hydrogens is 430 g/mol. The Morgan fingerprint density at radius 2 is 1.54 bits per heavy atom. The van der Waals surface area contributed by atoms with E-state index in [2.05, 4.69) is 87.9 Å². The van der Waals surface area contributed by atoms with Crippen LogP contribution < -0.4 is 9.64 Å². The Hall–Kier alpha value is -1.52. The van der Waals surface area contributed by atoms with E-state index >= 15 is 0 Å². The van der Waals surface area contributed by atoms with E-state index in [-0.39, 0.29) is 0 Å². The summed E-state index contributed by atoms with van der Waals surface area (Å²) in [5.41, 5.74) is 3.20. The van der Waals surface area contributed by atoms with Gasteiger partial charge in [0.15, 0.2) is 11.5 Å². The molecule has 0 atom stereocenters. The summed E-state index contributed by atoms with van der Waals surface area (Å²) in [6.45, 7) is 6.42. The van der Waals surface area contributed by atoms with Crippen LogP contribution in [-0.4, -0.2) is 0 Å². The molecule has 4 heteroatoms. The van der Waals surface area contributed by atoms with Gasteiger partial charge in [-0.05, 0) is 55.3 Å². The maximum absolute atomic E-state index is 6.14. The molecule has 1 aliphatic heterocycles. The normalized spacial score (nSPS) is 13.9. The third kappa shape index (κ3) is 3.45. The van der Waals surface area contributed by atoms with Crippen molar-refractivity contribution < 1.29 is 4.74 Å². The molecule has 0 spiro atoms. The number of fused-ring (bicyclic) bond motifs is 2. The molecule has 2 aromatic carbocycles. The van der Waals surface area contributed by atoms with Gasteiger partial charge in [0.25, 0.3) is 0 Å². The molecule has 1 aliphatic rings. The van der Waals surface area contributed by atoms with Gasteiger partial charge in [-0.25, -0.2) is 0 Å². The lowest BCUT2D eigenvalue weighted by molar-refractivity contribution is 0.475. The Balaban J connectivity index is 2.17. The molecule has 2 nitrogen and oxygen atoms in total. The maximum atomic E-state index is 6.14. The number of benzene rings is 2. The Morgan fingerprint density at radius 1 is 1.00 bits per heavy atom. The van der Waals surface area contributed by atoms with Crippen LogP contribution in [0.5, 0.6) is 11.5 Å². The van der Waals surface area contributed by atoms with Gasteiger partial charge in [-0.2, -0.15) is 0 Å². The van der Waals surface area contributed by atoms with Crippen LogP contribution in [0.3, 0.4) is 0 Å². The molecule has 0 saturated carbocycles. The molecule has 0 fully saturated rings. The largest absolute Gasteiger partial charge is 0.453 e. The van der Waals surface area contributed by atoms with Gasteiger partial charge in [-0.3, -0.25) is 0 Å². The Bertz CT molecular complexity index is 773. The average Bonchev–Trinajstić information content (AvgIpc) is 2.53. The molecule has 0 aromatic heterocycles. The van der Waals surface area contributed by atoms with Crippen molar-refractivity contribution in [1.82, 2.24) is 0 Å². The number of hydrogen-bond donors (Lipinski definition) is 0. The zero-order chi connectivity index (χ0) is 17.3. The van der Waals surface area contributed by atoms with Crippen LogP contribution in [0.1, 0.15) is 20.8 Å². The zero-order valence-corrected chi connectivity index (χ0v) is 17.1. The molecule has 0 saturated heterocycles. The molecule has 24 heavy (non-hydrogen) atoms. The zero-order valence-electron chi connectivity index (χ0n) is 13.9. The summed E-state index contributed by atoms with van der Waals surface area (Å²) in [6.07, 6.45) is 6.51. The van der Waals surface area contributed by atoms with Crippen LogP contribution in [0.15, 0.2) is 69.3 Å². The van der Waals surface area contributed by atoms with Gasteiger partial charge in [0.05, 0.1) is 11.4 Å². The van der Waals surface area contributed by atoms with Gasteiger partial charge in [0, 0.05) is 14.6 Å². The van der Waals surface area contributed by atoms with E-state index < -0.39 is 0 Å². The predicted octanol–water partition coefficient (Wildman–Crippen LogP) is 7.57. The fourth-order valence-electron chi connectivity index (χ4n) is 2.63. The first-order chi connectivity index (χ1) is 11.5. The number of halogens is 2. The smallest absolute Gasteiger partial charge is 0.152 e. The van der Waals surface area contributed by atoms with Crippen LogP contribution in [0.2, 0.25) is 0 Å². The van der Waals surface area contributed by atoms with E-state index in [9.17, 15) is 0 Å². The lowest BCUT2D eigenvalue weighted by atomic mass is 10.1. The van der Waals surface area contributed by atoms with Gasteiger partial charge in [-0.1, -0.05) is 57.9 Å². The molecule has 0 N–H and O–H groups in total. The van der Waals surface area contributed by atoms with Crippen LogP contribution in [0.4, 0.5) is 11.4 Å². The summed E-state index contributed by atoms with van der Waals surface area (Å²) in [5.74, 6) is 2.18. The molecule has 0 aliphatic carbocycles. The molecule has 0 amide bonds. The minimum Gasteiger partial charge on any atom is -0.453 e. The summed E-state index contributed by atoms with van der Waals surface area (Å²) in [4.78, 5) is 2.24. The first-order valence-electron chi connectivity index (χ1n) is 7.91. The number of ether oxygens (including phenoxy) is 1. The second-order valence-corrected chi connectivity index (χ2v) is 7.81. The molecule has 2 aromatic rings. The molecular formula is C20H19Br2NO. The highest BCUT2D eigenvalue weighted by Crippen LogP contribution is 2.50. The minimum atomic E-state index is 0.495. The fourth-order valence-corrected chi connectivity index (χ4v) is 3.31. The van der Waals surface area contributed by atoms with E-state index in [1.807, 2.05) is 24.3 Å². The first kappa shape index (κ1) is 17.3. The summed E-state index contributed by atoms with van der Waals surface area (Å²) in [5, 5.41) is 0. The molecule has 3 rings (SSSR count). The Labute approximate surface area is 160 Å². The number of rotatable bonds is 3. The van der Waals surface area contributed by atoms with Crippen LogP contribution >= 0.6 is 31.9 Å². The molecule has 0 unspecified atom stereocenters. The monoisotopic (exact) mass is 447 g/mol. The topological polar surface area (TPSA) is 12.5 Å². The maximum Gasteiger partial charge on any atom is 0.152 e. The van der Waals surface area contributed by atoms with Gasteiger partial charge in [0.1, 0.15) is 0 Å². The fraction of sp³-hybridized carbons (Fsp3) is 0.200. The summed E-state index contributed by atoms with van der Waals surface area (Å²) in [7, 11) is 0. The SMILES string of the molecule is C/C=C(\C=C/C(C)C)N1c2ccc(Br)cc2Oc2cc(Br)ccc21. The van der Waals surface area contributed by atoms with Crippen molar-refractivity contribution in [2.45, 2.75) is 20.8 Å². The summed E-state index contributed by atoms with van der Waals surface area (Å²) in [6, 6.07) is 12.3. The highest BCUT2D eigenvalue weighted by molar-refractivity contribution is 9.10. The van der Waals surface area contributed by atoms with Crippen molar-refractivity contribution in [3.63, 3.8) is 0 Å². The van der Waals surface area contributed by atoms with Crippen molar-refractivity contribution in [2.24, 2.45) is 5.92 Å². The molecule has 124 valence electrons. The second kappa shape index (κ2) is 7.16. The lowest BCUT2D eigenvalue weighted by Crippen LogP contribution is -2.19. The van der Waals surface area contributed by atoms with Crippen molar-refractivity contribution in [3.8, 4) is 11.5 Å². The molecule has 1 heterocycles. The quantitative estimate of drug-likeness (QED) is 0.448. The highest BCUT2D eigenvalue weighted by atomic mass is 79.9.